The number of hydrogen-bond acceptors (Lipinski definition) is 5. The molecule has 2 fully saturated rings. The Morgan fingerprint density at radius 2 is 1.39 bits per heavy atom. The van der Waals surface area contributed by atoms with Crippen molar-refractivity contribution in [1.82, 2.24) is 0 Å². The van der Waals surface area contributed by atoms with Crippen molar-refractivity contribution in [1.29, 1.82) is 0 Å². The van der Waals surface area contributed by atoms with Gasteiger partial charge in [0.05, 0.1) is 33.3 Å². The highest BCUT2D eigenvalue weighted by atomic mass is 16.6. The van der Waals surface area contributed by atoms with Crippen molar-refractivity contribution in [2.24, 2.45) is 22.7 Å². The van der Waals surface area contributed by atoms with E-state index in [9.17, 15) is 24.5 Å². The molecule has 3 aromatic rings. The third-order valence-corrected chi connectivity index (χ3v) is 8.88. The Labute approximate surface area is 219 Å². The predicted molar refractivity (Wildman–Crippen MR) is 143 cm³/mol. The smallest absolute Gasteiger partial charge is 0.271 e. The minimum absolute atomic E-state index is 0.0997. The summed E-state index contributed by atoms with van der Waals surface area (Å²) in [6.45, 7) is 5.42. The number of nitrogens with zero attached hydrogens (tertiary/aromatic N) is 2. The van der Waals surface area contributed by atoms with E-state index in [-0.39, 0.29) is 17.2 Å². The van der Waals surface area contributed by atoms with Gasteiger partial charge in [-0.05, 0) is 48.1 Å². The van der Waals surface area contributed by atoms with Gasteiger partial charge in [-0.25, -0.2) is 4.90 Å². The molecule has 4 atom stereocenters. The molecule has 190 valence electrons. The lowest BCUT2D eigenvalue weighted by molar-refractivity contribution is -0.384. The molecule has 1 saturated heterocycles. The van der Waals surface area contributed by atoms with Crippen LogP contribution < -0.4 is 4.90 Å². The van der Waals surface area contributed by atoms with Crippen molar-refractivity contribution in [3.63, 3.8) is 0 Å². The van der Waals surface area contributed by atoms with Crippen molar-refractivity contribution in [2.75, 3.05) is 4.90 Å². The fourth-order valence-electron chi connectivity index (χ4n) is 7.32. The monoisotopic (exact) mass is 506 g/mol. The number of nitro benzene ring substituents is 1. The number of carbonyl (C=O) groups excluding carboxylic acids is 3. The van der Waals surface area contributed by atoms with E-state index in [4.69, 9.17) is 0 Å². The first-order chi connectivity index (χ1) is 18.2. The number of rotatable bonds is 5. The SMILES string of the molecule is CC[C@@]12C(=O)[C@@](C)(C(c3ccccc3)=C1c1ccccc1)[C@H]1C(=O)N(c3cc([N+](=O)[O-])ccc3C)C(=O)[C@@H]12. The number of Topliss-reactive ketones (excluding diaryl/α,β-unsaturated/α-hetero) is 1. The van der Waals surface area contributed by atoms with Crippen LogP contribution in [0, 0.1) is 39.7 Å². The summed E-state index contributed by atoms with van der Waals surface area (Å²) in [5.74, 6) is -2.83. The van der Waals surface area contributed by atoms with Gasteiger partial charge < -0.3 is 0 Å². The van der Waals surface area contributed by atoms with Crippen molar-refractivity contribution < 1.29 is 19.3 Å². The van der Waals surface area contributed by atoms with Gasteiger partial charge in [-0.3, -0.25) is 24.5 Å². The molecular weight excluding hydrogens is 480 g/mol. The molecule has 0 N–H and O–H groups in total. The van der Waals surface area contributed by atoms with Crippen molar-refractivity contribution in [2.45, 2.75) is 27.2 Å². The number of allylic oxidation sites excluding steroid dienone is 2. The summed E-state index contributed by atoms with van der Waals surface area (Å²) in [6.07, 6.45) is 0.351. The third-order valence-electron chi connectivity index (χ3n) is 8.88. The molecule has 2 amide bonds. The molecule has 2 bridgehead atoms. The number of amides is 2. The zero-order valence-electron chi connectivity index (χ0n) is 21.3. The van der Waals surface area contributed by atoms with Crippen LogP contribution in [0.4, 0.5) is 11.4 Å². The highest BCUT2D eigenvalue weighted by Gasteiger charge is 2.79. The summed E-state index contributed by atoms with van der Waals surface area (Å²) in [5.41, 5.74) is 1.45. The number of ketones is 1. The van der Waals surface area contributed by atoms with Gasteiger partial charge in [-0.2, -0.15) is 0 Å². The lowest BCUT2D eigenvalue weighted by Crippen LogP contribution is -2.41. The van der Waals surface area contributed by atoms with E-state index >= 15 is 0 Å². The number of fused-ring (bicyclic) bond motifs is 5. The largest absolute Gasteiger partial charge is 0.298 e. The molecule has 1 aliphatic heterocycles. The standard InChI is InChI=1S/C31H26N2O5/c1-4-31-24(20-13-9-6-10-14-20)23(19-11-7-5-8-12-19)30(3,29(31)36)25-26(31)28(35)32(27(25)34)22-17-21(33(37)38)16-15-18(22)2/h5-17,25-26H,4H2,1-3H3/t25-,26-,30+,31-/m1/s1. The number of non-ortho nitro benzene ring substituents is 1. The van der Waals surface area contributed by atoms with Crippen LogP contribution in [0.3, 0.4) is 0 Å². The molecule has 7 heteroatoms. The number of aryl methyl sites for hydroxylation is 1. The molecule has 0 unspecified atom stereocenters. The van der Waals surface area contributed by atoms with Crippen molar-refractivity contribution >= 4 is 40.1 Å². The number of nitro groups is 1. The topological polar surface area (TPSA) is 97.6 Å². The highest BCUT2D eigenvalue weighted by Crippen LogP contribution is 2.74. The first-order valence-electron chi connectivity index (χ1n) is 12.7. The number of anilines is 1. The highest BCUT2D eigenvalue weighted by molar-refractivity contribution is 6.34. The Hall–Kier alpha value is -4.39. The quantitative estimate of drug-likeness (QED) is 0.254. The maximum absolute atomic E-state index is 14.5. The molecule has 7 nitrogen and oxygen atoms in total. The van der Waals surface area contributed by atoms with E-state index < -0.39 is 39.4 Å². The van der Waals surface area contributed by atoms with Gasteiger partial charge >= 0.3 is 0 Å². The summed E-state index contributed by atoms with van der Waals surface area (Å²) < 4.78 is 0. The fourth-order valence-corrected chi connectivity index (χ4v) is 7.32. The Kier molecular flexibility index (Phi) is 5.08. The van der Waals surface area contributed by atoms with Gasteiger partial charge in [0.2, 0.25) is 11.8 Å². The van der Waals surface area contributed by atoms with E-state index in [1.54, 1.807) is 19.9 Å². The summed E-state index contributed by atoms with van der Waals surface area (Å²) >= 11 is 0. The molecule has 0 radical (unpaired) electrons. The van der Waals surface area contributed by atoms with E-state index in [0.29, 0.717) is 12.0 Å². The molecule has 2 aliphatic carbocycles. The van der Waals surface area contributed by atoms with Crippen LogP contribution in [0.2, 0.25) is 0 Å². The summed E-state index contributed by atoms with van der Waals surface area (Å²) in [5, 5.41) is 11.5. The average molecular weight is 507 g/mol. The van der Waals surface area contributed by atoms with Crippen LogP contribution in [0.5, 0.6) is 0 Å². The number of carbonyl (C=O) groups is 3. The number of imide groups is 1. The van der Waals surface area contributed by atoms with E-state index in [2.05, 4.69) is 0 Å². The minimum atomic E-state index is -1.23. The molecule has 0 spiro atoms. The van der Waals surface area contributed by atoms with Crippen LogP contribution in [0.15, 0.2) is 78.9 Å². The molecule has 38 heavy (non-hydrogen) atoms. The summed E-state index contributed by atoms with van der Waals surface area (Å²) in [6, 6.07) is 23.4. The third kappa shape index (κ3) is 2.76. The maximum Gasteiger partial charge on any atom is 0.271 e. The molecular formula is C31H26N2O5. The second-order valence-corrected chi connectivity index (χ2v) is 10.5. The van der Waals surface area contributed by atoms with Gasteiger partial charge in [0, 0.05) is 12.1 Å². The van der Waals surface area contributed by atoms with Crippen molar-refractivity contribution in [3.8, 4) is 0 Å². The Balaban J connectivity index is 1.63. The second kappa shape index (κ2) is 8.05. The van der Waals surface area contributed by atoms with E-state index in [1.165, 1.54) is 12.1 Å². The zero-order valence-corrected chi connectivity index (χ0v) is 21.3. The predicted octanol–water partition coefficient (Wildman–Crippen LogP) is 5.62. The molecule has 3 aromatic carbocycles. The van der Waals surface area contributed by atoms with Crippen LogP contribution in [0.25, 0.3) is 11.1 Å². The molecule has 0 aromatic heterocycles. The average Bonchev–Trinajstić information content (AvgIpc) is 3.39. The maximum atomic E-state index is 14.5. The van der Waals surface area contributed by atoms with Crippen LogP contribution in [-0.2, 0) is 14.4 Å². The van der Waals surface area contributed by atoms with E-state index in [0.717, 1.165) is 27.2 Å². The molecule has 3 aliphatic rings. The number of hydrogen-bond donors (Lipinski definition) is 0. The second-order valence-electron chi connectivity index (χ2n) is 10.5. The van der Waals surface area contributed by atoms with Gasteiger partial charge in [0.25, 0.3) is 5.69 Å². The molecule has 6 rings (SSSR count). The lowest BCUT2D eigenvalue weighted by Gasteiger charge is -2.37. The van der Waals surface area contributed by atoms with Crippen molar-refractivity contribution in [3.05, 3.63) is 106 Å². The van der Waals surface area contributed by atoms with Crippen LogP contribution in [-0.4, -0.2) is 22.5 Å². The van der Waals surface area contributed by atoms with Gasteiger partial charge in [0.1, 0.15) is 0 Å². The Morgan fingerprint density at radius 1 is 0.842 bits per heavy atom. The Bertz CT molecular complexity index is 1580. The Morgan fingerprint density at radius 3 is 1.95 bits per heavy atom. The molecule has 1 saturated carbocycles. The van der Waals surface area contributed by atoms with E-state index in [1.807, 2.05) is 67.6 Å². The normalized spacial score (nSPS) is 27.9. The van der Waals surface area contributed by atoms with Gasteiger partial charge in [-0.15, -0.1) is 0 Å². The summed E-state index contributed by atoms with van der Waals surface area (Å²) in [4.78, 5) is 55.0. The number of benzene rings is 3. The van der Waals surface area contributed by atoms with Crippen LogP contribution in [0.1, 0.15) is 37.0 Å². The van der Waals surface area contributed by atoms with Gasteiger partial charge in [0.15, 0.2) is 5.78 Å². The first kappa shape index (κ1) is 24.0. The summed E-state index contributed by atoms with van der Waals surface area (Å²) in [7, 11) is 0. The fraction of sp³-hybridized carbons (Fsp3) is 0.258. The zero-order chi connectivity index (χ0) is 27.0. The lowest BCUT2D eigenvalue weighted by atomic mass is 9.62. The molecule has 1 heterocycles. The minimum Gasteiger partial charge on any atom is -0.298 e. The van der Waals surface area contributed by atoms with Crippen LogP contribution >= 0.6 is 0 Å². The first-order valence-corrected chi connectivity index (χ1v) is 12.7. The van der Waals surface area contributed by atoms with Gasteiger partial charge in [-0.1, -0.05) is 73.7 Å².